The summed E-state index contributed by atoms with van der Waals surface area (Å²) in [5.41, 5.74) is 3.12. The topological polar surface area (TPSA) is 102 Å². The minimum atomic E-state index is -0.502. The number of hydrogen-bond donors (Lipinski definition) is 2. The number of methoxy groups -OCH3 is 2. The first-order valence-corrected chi connectivity index (χ1v) is 7.90. The number of amides is 2. The third-order valence-corrected chi connectivity index (χ3v) is 3.55. The maximum absolute atomic E-state index is 12.2. The molecule has 2 rings (SSSR count). The lowest BCUT2D eigenvalue weighted by molar-refractivity contribution is -0.115. The van der Waals surface area contributed by atoms with Gasteiger partial charge in [0.25, 0.3) is 0 Å². The molecule has 1 aromatic heterocycles. The number of rotatable bonds is 7. The zero-order chi connectivity index (χ0) is 19.1. The van der Waals surface area contributed by atoms with Crippen molar-refractivity contribution in [2.45, 2.75) is 13.3 Å². The molecule has 0 saturated heterocycles. The van der Waals surface area contributed by atoms with E-state index in [9.17, 15) is 9.59 Å². The Morgan fingerprint density at radius 3 is 2.58 bits per heavy atom. The van der Waals surface area contributed by atoms with E-state index in [2.05, 4.69) is 15.8 Å². The largest absolute Gasteiger partial charge is 0.495 e. The summed E-state index contributed by atoms with van der Waals surface area (Å²) in [6, 6.07) is 6.20. The number of carbonyl (C=O) groups is 2. The predicted molar refractivity (Wildman–Crippen MR) is 97.1 cm³/mol. The van der Waals surface area contributed by atoms with Crippen molar-refractivity contribution in [2.24, 2.45) is 5.10 Å². The van der Waals surface area contributed by atoms with E-state index in [-0.39, 0.29) is 18.1 Å². The molecule has 0 saturated carbocycles. The van der Waals surface area contributed by atoms with Crippen LogP contribution >= 0.6 is 11.6 Å². The maximum atomic E-state index is 12.2. The third-order valence-electron chi connectivity index (χ3n) is 3.26. The average molecular weight is 380 g/mol. The lowest BCUT2D eigenvalue weighted by Gasteiger charge is -2.13. The standard InChI is InChI=1S/C17H18ClN3O5/c1-10(20-21-17(23)13-5-4-6-26-13)7-16(22)19-12-8-11(18)14(24-2)9-15(12)25-3/h4-6,8-9H,7H2,1-3H3,(H,19,22)(H,21,23). The first-order chi connectivity index (χ1) is 12.4. The van der Waals surface area contributed by atoms with Crippen molar-refractivity contribution in [1.29, 1.82) is 0 Å². The van der Waals surface area contributed by atoms with Crippen LogP contribution in [0.25, 0.3) is 0 Å². The van der Waals surface area contributed by atoms with Gasteiger partial charge in [-0.05, 0) is 25.1 Å². The van der Waals surface area contributed by atoms with Crippen LogP contribution in [0.2, 0.25) is 5.02 Å². The van der Waals surface area contributed by atoms with E-state index in [4.69, 9.17) is 25.5 Å². The maximum Gasteiger partial charge on any atom is 0.307 e. The van der Waals surface area contributed by atoms with Crippen LogP contribution in [0.1, 0.15) is 23.9 Å². The first kappa shape index (κ1) is 19.3. The van der Waals surface area contributed by atoms with Crippen LogP contribution in [0.5, 0.6) is 11.5 Å². The minimum Gasteiger partial charge on any atom is -0.495 e. The lowest BCUT2D eigenvalue weighted by Crippen LogP contribution is -2.21. The molecule has 9 heteroatoms. The Hall–Kier alpha value is -3.00. The Balaban J connectivity index is 1.98. The fourth-order valence-corrected chi connectivity index (χ4v) is 2.27. The molecule has 1 aromatic carbocycles. The van der Waals surface area contributed by atoms with Gasteiger partial charge in [-0.1, -0.05) is 11.6 Å². The summed E-state index contributed by atoms with van der Waals surface area (Å²) in [5.74, 6) is 0.111. The number of anilines is 1. The minimum absolute atomic E-state index is 0.0365. The van der Waals surface area contributed by atoms with Gasteiger partial charge >= 0.3 is 5.91 Å². The molecule has 2 aromatic rings. The fourth-order valence-electron chi connectivity index (χ4n) is 2.03. The summed E-state index contributed by atoms with van der Waals surface area (Å²) in [5, 5.41) is 6.88. The van der Waals surface area contributed by atoms with Gasteiger partial charge in [-0.3, -0.25) is 9.59 Å². The zero-order valence-corrected chi connectivity index (χ0v) is 15.2. The average Bonchev–Trinajstić information content (AvgIpc) is 3.14. The molecule has 2 amide bonds. The van der Waals surface area contributed by atoms with Crippen molar-refractivity contribution < 1.29 is 23.5 Å². The molecule has 8 nitrogen and oxygen atoms in total. The Morgan fingerprint density at radius 2 is 1.96 bits per heavy atom. The van der Waals surface area contributed by atoms with Gasteiger partial charge in [0.1, 0.15) is 11.5 Å². The van der Waals surface area contributed by atoms with Crippen LogP contribution in [0.4, 0.5) is 5.69 Å². The number of hydrazone groups is 1. The molecular weight excluding hydrogens is 362 g/mol. The highest BCUT2D eigenvalue weighted by molar-refractivity contribution is 6.32. The summed E-state index contributed by atoms with van der Waals surface area (Å²) in [6.07, 6.45) is 1.34. The van der Waals surface area contributed by atoms with Gasteiger partial charge in [0, 0.05) is 11.8 Å². The van der Waals surface area contributed by atoms with Crippen molar-refractivity contribution in [1.82, 2.24) is 5.43 Å². The van der Waals surface area contributed by atoms with Gasteiger partial charge in [0.2, 0.25) is 5.91 Å². The SMILES string of the molecule is COc1cc(OC)c(NC(=O)CC(C)=NNC(=O)c2ccco2)cc1Cl. The molecule has 0 atom stereocenters. The molecule has 0 unspecified atom stereocenters. The van der Waals surface area contributed by atoms with Gasteiger partial charge in [0.15, 0.2) is 5.76 Å². The van der Waals surface area contributed by atoms with E-state index in [1.165, 1.54) is 32.6 Å². The second-order valence-electron chi connectivity index (χ2n) is 5.18. The molecule has 2 N–H and O–H groups in total. The highest BCUT2D eigenvalue weighted by Crippen LogP contribution is 2.35. The van der Waals surface area contributed by atoms with E-state index in [1.54, 1.807) is 19.1 Å². The van der Waals surface area contributed by atoms with Gasteiger partial charge < -0.3 is 19.2 Å². The number of nitrogens with zero attached hydrogens (tertiary/aromatic N) is 1. The molecule has 0 bridgehead atoms. The molecule has 0 spiro atoms. The second-order valence-corrected chi connectivity index (χ2v) is 5.58. The first-order valence-electron chi connectivity index (χ1n) is 7.53. The number of carbonyl (C=O) groups excluding carboxylic acids is 2. The number of benzene rings is 1. The van der Waals surface area contributed by atoms with Crippen LogP contribution in [-0.2, 0) is 4.79 Å². The Labute approximate surface area is 155 Å². The van der Waals surface area contributed by atoms with Crippen molar-refractivity contribution in [3.8, 4) is 11.5 Å². The molecule has 26 heavy (non-hydrogen) atoms. The molecule has 0 radical (unpaired) electrons. The Kier molecular flexibility index (Phi) is 6.62. The van der Waals surface area contributed by atoms with Crippen molar-refractivity contribution in [3.05, 3.63) is 41.3 Å². The summed E-state index contributed by atoms with van der Waals surface area (Å²) in [6.45, 7) is 1.61. The van der Waals surface area contributed by atoms with Crippen LogP contribution in [-0.4, -0.2) is 31.7 Å². The van der Waals surface area contributed by atoms with Crippen LogP contribution < -0.4 is 20.2 Å². The zero-order valence-electron chi connectivity index (χ0n) is 14.5. The highest BCUT2D eigenvalue weighted by Gasteiger charge is 2.13. The van der Waals surface area contributed by atoms with E-state index in [0.717, 1.165) is 0 Å². The number of furan rings is 1. The molecule has 0 aliphatic rings. The van der Waals surface area contributed by atoms with Crippen molar-refractivity contribution in [2.75, 3.05) is 19.5 Å². The van der Waals surface area contributed by atoms with Crippen LogP contribution in [0, 0.1) is 0 Å². The summed E-state index contributed by atoms with van der Waals surface area (Å²) >= 11 is 6.07. The van der Waals surface area contributed by atoms with Gasteiger partial charge in [-0.2, -0.15) is 5.10 Å². The Bertz CT molecular complexity index is 818. The van der Waals surface area contributed by atoms with Crippen LogP contribution in [0.3, 0.4) is 0 Å². The molecule has 0 fully saturated rings. The normalized spacial score (nSPS) is 11.0. The van der Waals surface area contributed by atoms with E-state index >= 15 is 0 Å². The third kappa shape index (κ3) is 5.00. The van der Waals surface area contributed by atoms with Crippen LogP contribution in [0.15, 0.2) is 40.0 Å². The van der Waals surface area contributed by atoms with Crippen molar-refractivity contribution in [3.63, 3.8) is 0 Å². The molecule has 0 aliphatic heterocycles. The second kappa shape index (κ2) is 8.91. The van der Waals surface area contributed by atoms with Gasteiger partial charge in [0.05, 0.1) is 37.6 Å². The summed E-state index contributed by atoms with van der Waals surface area (Å²) < 4.78 is 15.3. The lowest BCUT2D eigenvalue weighted by atomic mass is 10.2. The van der Waals surface area contributed by atoms with E-state index < -0.39 is 5.91 Å². The number of nitrogens with one attached hydrogen (secondary N) is 2. The smallest absolute Gasteiger partial charge is 0.307 e. The monoisotopic (exact) mass is 379 g/mol. The summed E-state index contributed by atoms with van der Waals surface area (Å²) in [4.78, 5) is 23.9. The molecular formula is C17H18ClN3O5. The number of hydrogen-bond acceptors (Lipinski definition) is 6. The van der Waals surface area contributed by atoms with E-state index in [1.807, 2.05) is 0 Å². The summed E-state index contributed by atoms with van der Waals surface area (Å²) in [7, 11) is 2.95. The molecule has 1 heterocycles. The number of ether oxygens (including phenoxy) is 2. The predicted octanol–water partition coefficient (Wildman–Crippen LogP) is 3.08. The Morgan fingerprint density at radius 1 is 1.23 bits per heavy atom. The highest BCUT2D eigenvalue weighted by atomic mass is 35.5. The quantitative estimate of drug-likeness (QED) is 0.568. The van der Waals surface area contributed by atoms with E-state index in [0.29, 0.717) is 27.9 Å². The fraction of sp³-hybridized carbons (Fsp3) is 0.235. The van der Waals surface area contributed by atoms with Crippen molar-refractivity contribution >= 4 is 34.8 Å². The van der Waals surface area contributed by atoms with Gasteiger partial charge in [-0.15, -0.1) is 0 Å². The van der Waals surface area contributed by atoms with Gasteiger partial charge in [-0.25, -0.2) is 5.43 Å². The molecule has 138 valence electrons. The number of halogens is 1. The molecule has 0 aliphatic carbocycles.